The standard InChI is InChI=1S/C12H12ClFN2O2S2/c1-7-4-12(19-11(7)6-15)20(17,18)16-10-3-2-8(14)5-9(10)13/h2-5,16H,6,15H2,1H3. The van der Waals surface area contributed by atoms with Crippen molar-refractivity contribution in [3.63, 3.8) is 0 Å². The third-order valence-electron chi connectivity index (χ3n) is 2.62. The summed E-state index contributed by atoms with van der Waals surface area (Å²) in [6, 6.07) is 5.01. The number of thiophene rings is 1. The molecule has 108 valence electrons. The van der Waals surface area contributed by atoms with Crippen molar-refractivity contribution in [2.75, 3.05) is 4.72 Å². The van der Waals surface area contributed by atoms with Gasteiger partial charge in [-0.15, -0.1) is 11.3 Å². The Morgan fingerprint density at radius 3 is 2.65 bits per heavy atom. The second kappa shape index (κ2) is 5.69. The topological polar surface area (TPSA) is 72.2 Å². The number of sulfonamides is 1. The number of rotatable bonds is 4. The summed E-state index contributed by atoms with van der Waals surface area (Å²) >= 11 is 6.91. The van der Waals surface area contributed by atoms with E-state index < -0.39 is 15.8 Å². The first-order valence-electron chi connectivity index (χ1n) is 5.60. The molecule has 8 heteroatoms. The van der Waals surface area contributed by atoms with Gasteiger partial charge in [0.2, 0.25) is 0 Å². The minimum atomic E-state index is -3.75. The molecule has 0 aliphatic carbocycles. The number of benzene rings is 1. The van der Waals surface area contributed by atoms with Gasteiger partial charge in [-0.3, -0.25) is 4.72 Å². The predicted octanol–water partition coefficient (Wildman–Crippen LogP) is 3.11. The van der Waals surface area contributed by atoms with Crippen molar-refractivity contribution in [1.29, 1.82) is 0 Å². The van der Waals surface area contributed by atoms with Crippen LogP contribution < -0.4 is 10.5 Å². The summed E-state index contributed by atoms with van der Waals surface area (Å²) < 4.78 is 39.9. The maximum absolute atomic E-state index is 12.9. The molecule has 0 fully saturated rings. The van der Waals surface area contributed by atoms with Crippen LogP contribution in [0.3, 0.4) is 0 Å². The second-order valence-corrected chi connectivity index (χ2v) is 7.56. The normalized spacial score (nSPS) is 11.6. The van der Waals surface area contributed by atoms with Gasteiger partial charge in [-0.05, 0) is 36.8 Å². The zero-order valence-electron chi connectivity index (χ0n) is 10.5. The number of nitrogens with two attached hydrogens (primary N) is 1. The molecule has 4 nitrogen and oxygen atoms in total. The lowest BCUT2D eigenvalue weighted by Gasteiger charge is -2.07. The van der Waals surface area contributed by atoms with E-state index in [4.69, 9.17) is 17.3 Å². The van der Waals surface area contributed by atoms with Crippen LogP contribution in [0.4, 0.5) is 10.1 Å². The molecule has 20 heavy (non-hydrogen) atoms. The molecule has 1 heterocycles. The number of hydrogen-bond donors (Lipinski definition) is 2. The smallest absolute Gasteiger partial charge is 0.271 e. The number of halogens is 2. The third kappa shape index (κ3) is 3.12. The van der Waals surface area contributed by atoms with Crippen molar-refractivity contribution in [2.24, 2.45) is 5.73 Å². The van der Waals surface area contributed by atoms with Gasteiger partial charge in [0, 0.05) is 11.4 Å². The van der Waals surface area contributed by atoms with Gasteiger partial charge in [-0.1, -0.05) is 11.6 Å². The van der Waals surface area contributed by atoms with Crippen molar-refractivity contribution < 1.29 is 12.8 Å². The van der Waals surface area contributed by atoms with Crippen LogP contribution in [0, 0.1) is 12.7 Å². The molecule has 3 N–H and O–H groups in total. The van der Waals surface area contributed by atoms with Gasteiger partial charge in [-0.25, -0.2) is 12.8 Å². The maximum atomic E-state index is 12.9. The van der Waals surface area contributed by atoms with E-state index >= 15 is 0 Å². The first-order valence-corrected chi connectivity index (χ1v) is 8.28. The number of anilines is 1. The van der Waals surface area contributed by atoms with Crippen molar-refractivity contribution in [1.82, 2.24) is 0 Å². The summed E-state index contributed by atoms with van der Waals surface area (Å²) in [6.45, 7) is 2.08. The van der Waals surface area contributed by atoms with E-state index in [1.54, 1.807) is 13.0 Å². The largest absolute Gasteiger partial charge is 0.326 e. The Morgan fingerprint density at radius 1 is 1.40 bits per heavy atom. The Labute approximate surface area is 125 Å². The Kier molecular flexibility index (Phi) is 4.33. The van der Waals surface area contributed by atoms with Crippen LogP contribution in [-0.4, -0.2) is 8.42 Å². The summed E-state index contributed by atoms with van der Waals surface area (Å²) in [4.78, 5) is 0.801. The molecule has 0 amide bonds. The summed E-state index contributed by atoms with van der Waals surface area (Å²) in [5.74, 6) is -0.532. The maximum Gasteiger partial charge on any atom is 0.271 e. The van der Waals surface area contributed by atoms with Crippen LogP contribution in [0.2, 0.25) is 5.02 Å². The molecule has 0 bridgehead atoms. The van der Waals surface area contributed by atoms with E-state index in [9.17, 15) is 12.8 Å². The molecule has 0 saturated heterocycles. The molecule has 0 spiro atoms. The van der Waals surface area contributed by atoms with E-state index in [1.807, 2.05) is 0 Å². The Bertz CT molecular complexity index is 744. The molecule has 0 unspecified atom stereocenters. The SMILES string of the molecule is Cc1cc(S(=O)(=O)Nc2ccc(F)cc2Cl)sc1CN. The molecule has 0 aliphatic rings. The van der Waals surface area contributed by atoms with E-state index in [1.165, 1.54) is 6.07 Å². The number of nitrogens with one attached hydrogen (secondary N) is 1. The van der Waals surface area contributed by atoms with Gasteiger partial charge in [0.15, 0.2) is 0 Å². The zero-order chi connectivity index (χ0) is 14.9. The van der Waals surface area contributed by atoms with Crippen LogP contribution in [0.15, 0.2) is 28.5 Å². The number of aryl methyl sites for hydroxylation is 1. The van der Waals surface area contributed by atoms with E-state index in [2.05, 4.69) is 4.72 Å². The number of hydrogen-bond acceptors (Lipinski definition) is 4. The summed E-state index contributed by atoms with van der Waals surface area (Å²) in [5.41, 5.74) is 6.49. The average molecular weight is 335 g/mol. The van der Waals surface area contributed by atoms with Crippen molar-refractivity contribution in [3.05, 3.63) is 45.5 Å². The first kappa shape index (κ1) is 15.2. The van der Waals surface area contributed by atoms with Gasteiger partial charge in [0.1, 0.15) is 10.0 Å². The minimum absolute atomic E-state index is 0.000835. The quantitative estimate of drug-likeness (QED) is 0.902. The van der Waals surface area contributed by atoms with Gasteiger partial charge in [-0.2, -0.15) is 0 Å². The molecule has 1 aromatic heterocycles. The van der Waals surface area contributed by atoms with E-state index in [-0.39, 0.29) is 21.5 Å². The minimum Gasteiger partial charge on any atom is -0.326 e. The van der Waals surface area contributed by atoms with Crippen LogP contribution in [0.1, 0.15) is 10.4 Å². The lowest BCUT2D eigenvalue weighted by Crippen LogP contribution is -2.11. The highest BCUT2D eigenvalue weighted by molar-refractivity contribution is 7.94. The van der Waals surface area contributed by atoms with Gasteiger partial charge >= 0.3 is 0 Å². The molecule has 2 aromatic rings. The lowest BCUT2D eigenvalue weighted by molar-refractivity contribution is 0.603. The third-order valence-corrected chi connectivity index (χ3v) is 6.03. The van der Waals surface area contributed by atoms with Crippen LogP contribution in [-0.2, 0) is 16.6 Å². The molecular weight excluding hydrogens is 323 g/mol. The van der Waals surface area contributed by atoms with Gasteiger partial charge < -0.3 is 5.73 Å². The van der Waals surface area contributed by atoms with Crippen LogP contribution in [0.25, 0.3) is 0 Å². The van der Waals surface area contributed by atoms with Gasteiger partial charge in [0.25, 0.3) is 10.0 Å². The molecule has 0 radical (unpaired) electrons. The van der Waals surface area contributed by atoms with Crippen LogP contribution >= 0.6 is 22.9 Å². The molecular formula is C12H12ClFN2O2S2. The van der Waals surface area contributed by atoms with Crippen molar-refractivity contribution >= 4 is 38.6 Å². The molecule has 0 atom stereocenters. The molecule has 0 saturated carbocycles. The Hall–Kier alpha value is -1.15. The fraction of sp³-hybridized carbons (Fsp3) is 0.167. The highest BCUT2D eigenvalue weighted by atomic mass is 35.5. The summed E-state index contributed by atoms with van der Waals surface area (Å²) in [5, 5.41) is 0.000835. The van der Waals surface area contributed by atoms with E-state index in [0.29, 0.717) is 0 Å². The average Bonchev–Trinajstić information content (AvgIpc) is 2.75. The highest BCUT2D eigenvalue weighted by Gasteiger charge is 2.19. The Morgan fingerprint density at radius 2 is 2.10 bits per heavy atom. The molecule has 0 aliphatic heterocycles. The summed E-state index contributed by atoms with van der Waals surface area (Å²) in [7, 11) is -3.75. The van der Waals surface area contributed by atoms with Crippen molar-refractivity contribution in [3.8, 4) is 0 Å². The van der Waals surface area contributed by atoms with Crippen LogP contribution in [0.5, 0.6) is 0 Å². The Balaban J connectivity index is 2.35. The summed E-state index contributed by atoms with van der Waals surface area (Å²) in [6.07, 6.45) is 0. The molecule has 1 aromatic carbocycles. The fourth-order valence-electron chi connectivity index (χ4n) is 1.59. The van der Waals surface area contributed by atoms with Gasteiger partial charge in [0.05, 0.1) is 10.7 Å². The molecule has 2 rings (SSSR count). The fourth-order valence-corrected chi connectivity index (χ4v) is 4.41. The predicted molar refractivity (Wildman–Crippen MR) is 79.2 cm³/mol. The first-order chi connectivity index (χ1) is 9.33. The lowest BCUT2D eigenvalue weighted by atomic mass is 10.3. The second-order valence-electron chi connectivity index (χ2n) is 4.11. The zero-order valence-corrected chi connectivity index (χ0v) is 12.9. The highest BCUT2D eigenvalue weighted by Crippen LogP contribution is 2.29. The van der Waals surface area contributed by atoms with Crippen molar-refractivity contribution in [2.45, 2.75) is 17.7 Å². The monoisotopic (exact) mass is 334 g/mol. The van der Waals surface area contributed by atoms with E-state index in [0.717, 1.165) is 33.9 Å².